The Morgan fingerprint density at radius 1 is 1.22 bits per heavy atom. The quantitative estimate of drug-likeness (QED) is 0.615. The zero-order valence-electron chi connectivity index (χ0n) is 9.81. The highest BCUT2D eigenvalue weighted by molar-refractivity contribution is 14.1. The zero-order valence-corrected chi connectivity index (χ0v) is 14.3. The van der Waals surface area contributed by atoms with E-state index in [1.165, 1.54) is 9.13 Å². The summed E-state index contributed by atoms with van der Waals surface area (Å²) in [5.41, 5.74) is 3.57. The molecule has 0 saturated heterocycles. The molecule has 1 N–H and O–H groups in total. The molecule has 2 rings (SSSR count). The average molecular weight is 437 g/mol. The summed E-state index contributed by atoms with van der Waals surface area (Å²) in [5, 5.41) is 4.16. The van der Waals surface area contributed by atoms with Crippen LogP contribution in [0.1, 0.15) is 11.1 Å². The van der Waals surface area contributed by atoms with Gasteiger partial charge in [0.25, 0.3) is 0 Å². The number of benzene rings is 2. The lowest BCUT2D eigenvalue weighted by Gasteiger charge is -2.10. The van der Waals surface area contributed by atoms with Gasteiger partial charge in [-0.05, 0) is 71.0 Å². The molecule has 0 radical (unpaired) electrons. The Morgan fingerprint density at radius 2 is 2.00 bits per heavy atom. The number of hydrogen-bond acceptors (Lipinski definition) is 1. The minimum atomic E-state index is 0.750. The molecule has 0 aromatic heterocycles. The van der Waals surface area contributed by atoms with Crippen LogP contribution in [0.2, 0.25) is 5.02 Å². The molecule has 18 heavy (non-hydrogen) atoms. The molecule has 0 fully saturated rings. The molecule has 2 aromatic carbocycles. The van der Waals surface area contributed by atoms with Gasteiger partial charge in [-0.1, -0.05) is 33.6 Å². The van der Waals surface area contributed by atoms with E-state index in [0.29, 0.717) is 0 Å². The number of hydrogen-bond donors (Lipinski definition) is 1. The van der Waals surface area contributed by atoms with Crippen molar-refractivity contribution in [3.8, 4) is 0 Å². The summed E-state index contributed by atoms with van der Waals surface area (Å²) in [4.78, 5) is 0. The van der Waals surface area contributed by atoms with Gasteiger partial charge in [-0.25, -0.2) is 0 Å². The number of halogens is 3. The van der Waals surface area contributed by atoms with E-state index in [-0.39, 0.29) is 0 Å². The van der Waals surface area contributed by atoms with Gasteiger partial charge < -0.3 is 5.32 Å². The molecular formula is C14H12BrClIN. The van der Waals surface area contributed by atoms with Crippen molar-refractivity contribution in [3.05, 3.63) is 60.6 Å². The number of rotatable bonds is 3. The van der Waals surface area contributed by atoms with E-state index in [4.69, 9.17) is 11.6 Å². The van der Waals surface area contributed by atoms with Crippen molar-refractivity contribution in [1.82, 2.24) is 0 Å². The lowest BCUT2D eigenvalue weighted by molar-refractivity contribution is 1.13. The summed E-state index contributed by atoms with van der Waals surface area (Å²) in [5.74, 6) is 0. The Kier molecular flexibility index (Phi) is 4.92. The smallest absolute Gasteiger partial charge is 0.0412 e. The molecule has 0 heterocycles. The van der Waals surface area contributed by atoms with Crippen molar-refractivity contribution in [2.24, 2.45) is 0 Å². The first-order chi connectivity index (χ1) is 8.56. The Bertz CT molecular complexity index is 572. The van der Waals surface area contributed by atoms with E-state index < -0.39 is 0 Å². The van der Waals surface area contributed by atoms with Gasteiger partial charge in [0.2, 0.25) is 0 Å². The predicted molar refractivity (Wildman–Crippen MR) is 90.4 cm³/mol. The zero-order chi connectivity index (χ0) is 13.1. The Balaban J connectivity index is 2.11. The molecule has 0 amide bonds. The molecule has 0 bridgehead atoms. The maximum Gasteiger partial charge on any atom is 0.0412 e. The molecule has 4 heteroatoms. The number of aryl methyl sites for hydroxylation is 1. The second-order valence-electron chi connectivity index (χ2n) is 4.05. The molecule has 1 nitrogen and oxygen atoms in total. The summed E-state index contributed by atoms with van der Waals surface area (Å²) in [7, 11) is 0. The molecule has 0 saturated carbocycles. The highest BCUT2D eigenvalue weighted by Gasteiger charge is 2.02. The Labute approximate surface area is 134 Å². The third-order valence-electron chi connectivity index (χ3n) is 2.66. The van der Waals surface area contributed by atoms with Crippen molar-refractivity contribution in [1.29, 1.82) is 0 Å². The van der Waals surface area contributed by atoms with Crippen LogP contribution < -0.4 is 5.32 Å². The topological polar surface area (TPSA) is 12.0 Å². The van der Waals surface area contributed by atoms with E-state index in [0.717, 1.165) is 27.3 Å². The maximum absolute atomic E-state index is 5.99. The van der Waals surface area contributed by atoms with Gasteiger partial charge >= 0.3 is 0 Å². The normalized spacial score (nSPS) is 10.4. The van der Waals surface area contributed by atoms with Crippen LogP contribution in [0.4, 0.5) is 5.69 Å². The first kappa shape index (κ1) is 14.2. The molecule has 0 aliphatic rings. The van der Waals surface area contributed by atoms with E-state index in [1.54, 1.807) is 0 Å². The minimum absolute atomic E-state index is 0.750. The number of anilines is 1. The molecule has 0 aliphatic heterocycles. The molecule has 0 unspecified atom stereocenters. The van der Waals surface area contributed by atoms with Crippen LogP contribution in [0.15, 0.2) is 40.9 Å². The molecule has 94 valence electrons. The minimum Gasteiger partial charge on any atom is -0.381 e. The molecule has 0 aliphatic carbocycles. The largest absolute Gasteiger partial charge is 0.381 e. The summed E-state index contributed by atoms with van der Waals surface area (Å²) < 4.78 is 2.34. The van der Waals surface area contributed by atoms with Gasteiger partial charge in [-0.2, -0.15) is 0 Å². The van der Waals surface area contributed by atoms with Gasteiger partial charge in [0.15, 0.2) is 0 Å². The van der Waals surface area contributed by atoms with Crippen molar-refractivity contribution >= 4 is 55.8 Å². The van der Waals surface area contributed by atoms with Crippen LogP contribution in [0.25, 0.3) is 0 Å². The highest BCUT2D eigenvalue weighted by atomic mass is 127. The lowest BCUT2D eigenvalue weighted by atomic mass is 10.2. The van der Waals surface area contributed by atoms with Crippen LogP contribution in [-0.4, -0.2) is 0 Å². The van der Waals surface area contributed by atoms with Crippen molar-refractivity contribution < 1.29 is 0 Å². The fourth-order valence-corrected chi connectivity index (χ4v) is 2.68. The summed E-state index contributed by atoms with van der Waals surface area (Å²) in [6.07, 6.45) is 0. The average Bonchev–Trinajstić information content (AvgIpc) is 2.34. The predicted octanol–water partition coefficient (Wildman–Crippen LogP) is 5.63. The highest BCUT2D eigenvalue weighted by Crippen LogP contribution is 2.23. The molecular weight excluding hydrogens is 424 g/mol. The Morgan fingerprint density at radius 3 is 2.72 bits per heavy atom. The first-order valence-corrected chi connectivity index (χ1v) is 7.75. The van der Waals surface area contributed by atoms with Crippen LogP contribution >= 0.6 is 50.1 Å². The number of nitrogens with one attached hydrogen (secondary N) is 1. The fraction of sp³-hybridized carbons (Fsp3) is 0.143. The van der Waals surface area contributed by atoms with Crippen LogP contribution in [0.3, 0.4) is 0 Å². The SMILES string of the molecule is Cc1ccc(NCc2cc(Cl)ccc2Br)cc1I. The summed E-state index contributed by atoms with van der Waals surface area (Å²) in [6.45, 7) is 2.86. The summed E-state index contributed by atoms with van der Waals surface area (Å²) >= 11 is 11.9. The first-order valence-electron chi connectivity index (χ1n) is 5.50. The van der Waals surface area contributed by atoms with Crippen molar-refractivity contribution in [2.45, 2.75) is 13.5 Å². The van der Waals surface area contributed by atoms with Crippen molar-refractivity contribution in [2.75, 3.05) is 5.32 Å². The molecule has 0 atom stereocenters. The lowest BCUT2D eigenvalue weighted by Crippen LogP contribution is -2.00. The third kappa shape index (κ3) is 3.62. The molecule has 2 aromatic rings. The van der Waals surface area contributed by atoms with E-state index in [2.05, 4.69) is 69.0 Å². The Hall–Kier alpha value is -0.260. The second-order valence-corrected chi connectivity index (χ2v) is 6.51. The van der Waals surface area contributed by atoms with E-state index in [9.17, 15) is 0 Å². The van der Waals surface area contributed by atoms with Gasteiger partial charge in [-0.3, -0.25) is 0 Å². The van der Waals surface area contributed by atoms with Crippen LogP contribution in [0, 0.1) is 10.5 Å². The fourth-order valence-electron chi connectivity index (χ4n) is 1.58. The summed E-state index contributed by atoms with van der Waals surface area (Å²) in [6, 6.07) is 12.2. The van der Waals surface area contributed by atoms with E-state index >= 15 is 0 Å². The van der Waals surface area contributed by atoms with Gasteiger partial charge in [0, 0.05) is 25.3 Å². The van der Waals surface area contributed by atoms with Gasteiger partial charge in [0.05, 0.1) is 0 Å². The maximum atomic E-state index is 5.99. The second kappa shape index (κ2) is 6.26. The van der Waals surface area contributed by atoms with Crippen LogP contribution in [-0.2, 0) is 6.54 Å². The van der Waals surface area contributed by atoms with Gasteiger partial charge in [-0.15, -0.1) is 0 Å². The third-order valence-corrected chi connectivity index (χ3v) is 4.83. The van der Waals surface area contributed by atoms with Crippen molar-refractivity contribution in [3.63, 3.8) is 0 Å². The monoisotopic (exact) mass is 435 g/mol. The molecule has 0 spiro atoms. The van der Waals surface area contributed by atoms with Gasteiger partial charge in [0.1, 0.15) is 0 Å². The van der Waals surface area contributed by atoms with E-state index in [1.807, 2.05) is 18.2 Å². The van der Waals surface area contributed by atoms with Crippen LogP contribution in [0.5, 0.6) is 0 Å². The standard InChI is InChI=1S/C14H12BrClIN/c1-9-2-4-12(7-14(9)17)18-8-10-6-11(16)3-5-13(10)15/h2-7,18H,8H2,1H3.